The molecule has 0 aromatic carbocycles. The van der Waals surface area contributed by atoms with Gasteiger partial charge in [-0.2, -0.15) is 0 Å². The Bertz CT molecular complexity index is 29.5. The van der Waals surface area contributed by atoms with Gasteiger partial charge in [0, 0.05) is 5.48 Å². The van der Waals surface area contributed by atoms with Crippen LogP contribution < -0.4 is 0 Å². The van der Waals surface area contributed by atoms with E-state index < -0.39 is 0 Å². The molecule has 0 unspecified atom stereocenters. The van der Waals surface area contributed by atoms with Gasteiger partial charge in [0.05, 0.1) is 0 Å². The second-order valence-electron chi connectivity index (χ2n) is 2.41. The topological polar surface area (TPSA) is 28.5 Å². The van der Waals surface area contributed by atoms with Crippen LogP contribution in [0.25, 0.3) is 0 Å². The molecule has 0 aliphatic heterocycles. The first kappa shape index (κ1) is 11.7. The van der Waals surface area contributed by atoms with Crippen molar-refractivity contribution in [3.05, 3.63) is 0 Å². The molecule has 0 heterocycles. The quantitative estimate of drug-likeness (QED) is 0.511. The van der Waals surface area contributed by atoms with Crippen LogP contribution >= 0.6 is 0 Å². The van der Waals surface area contributed by atoms with Gasteiger partial charge in [0.25, 0.3) is 0 Å². The zero-order valence-electron chi connectivity index (χ0n) is 6.65. The summed E-state index contributed by atoms with van der Waals surface area (Å²) < 4.78 is 0. The molecule has 0 saturated carbocycles. The van der Waals surface area contributed by atoms with E-state index in [4.69, 9.17) is 0 Å². The van der Waals surface area contributed by atoms with Crippen LogP contribution in [0.2, 0.25) is 0 Å². The zero-order valence-corrected chi connectivity index (χ0v) is 6.65. The average molecular weight is 130 g/mol. The summed E-state index contributed by atoms with van der Waals surface area (Å²) in [5, 5.41) is 0. The van der Waals surface area contributed by atoms with E-state index in [1.165, 1.54) is 38.5 Å². The maximum Gasteiger partial charge on any atom is 0 e. The monoisotopic (exact) mass is 130 g/mol. The molecule has 0 aliphatic rings. The van der Waals surface area contributed by atoms with Gasteiger partial charge in [-0.3, -0.25) is 0 Å². The van der Waals surface area contributed by atoms with Crippen molar-refractivity contribution in [2.24, 2.45) is 0 Å². The van der Waals surface area contributed by atoms with E-state index in [9.17, 15) is 0 Å². The molecule has 0 amide bonds. The third kappa shape index (κ3) is 11.5. The maximum atomic E-state index is 2.26. The van der Waals surface area contributed by atoms with Crippen LogP contribution in [0.15, 0.2) is 0 Å². The first-order valence-corrected chi connectivity index (χ1v) is 3.91. The molecule has 0 bridgehead atoms. The number of hydrogen-bond donors (Lipinski definition) is 0. The normalized spacial score (nSPS) is 8.67. The van der Waals surface area contributed by atoms with Crippen LogP contribution in [-0.4, -0.2) is 0 Å². The standard InChI is InChI=1S/C8H18.O/c1-3-5-7-8-6-4-2;/h3-8H2,1-2H3;. The minimum Gasteiger partial charge on any atom is -0.0654 e. The van der Waals surface area contributed by atoms with Crippen molar-refractivity contribution in [1.29, 1.82) is 0 Å². The molecule has 56 valence electrons. The fraction of sp³-hybridized carbons (Fsp3) is 1.00. The fourth-order valence-corrected chi connectivity index (χ4v) is 0.854. The van der Waals surface area contributed by atoms with Crippen molar-refractivity contribution in [2.75, 3.05) is 0 Å². The lowest BCUT2D eigenvalue weighted by molar-refractivity contribution is 0.624. The average Bonchev–Trinajstić information content (AvgIpc) is 1.81. The van der Waals surface area contributed by atoms with Crippen molar-refractivity contribution in [1.82, 2.24) is 0 Å². The molecular weight excluding hydrogens is 112 g/mol. The number of rotatable bonds is 5. The number of unbranched alkanes of at least 4 members (excludes halogenated alkanes) is 5. The first-order valence-electron chi connectivity index (χ1n) is 3.91. The molecule has 0 rings (SSSR count). The van der Waals surface area contributed by atoms with Gasteiger partial charge in [-0.1, -0.05) is 52.4 Å². The molecule has 0 spiro atoms. The molecule has 9 heavy (non-hydrogen) atoms. The summed E-state index contributed by atoms with van der Waals surface area (Å²) in [7, 11) is 0. The van der Waals surface area contributed by atoms with Crippen molar-refractivity contribution in [3.63, 3.8) is 0 Å². The molecule has 0 N–H and O–H groups in total. The van der Waals surface area contributed by atoms with E-state index in [0.717, 1.165) is 0 Å². The molecule has 2 radical (unpaired) electrons. The van der Waals surface area contributed by atoms with Gasteiger partial charge in [0.1, 0.15) is 0 Å². The molecule has 0 aromatic heterocycles. The molecule has 1 nitrogen and oxygen atoms in total. The predicted molar refractivity (Wildman–Crippen MR) is 39.7 cm³/mol. The van der Waals surface area contributed by atoms with Gasteiger partial charge in [0.15, 0.2) is 0 Å². The highest BCUT2D eigenvalue weighted by Crippen LogP contribution is 2.03. The van der Waals surface area contributed by atoms with E-state index in [1.807, 2.05) is 0 Å². The van der Waals surface area contributed by atoms with Gasteiger partial charge in [-0.05, 0) is 0 Å². The highest BCUT2D eigenvalue weighted by molar-refractivity contribution is 4.39. The van der Waals surface area contributed by atoms with Crippen molar-refractivity contribution >= 4 is 0 Å². The Morgan fingerprint density at radius 2 is 1.00 bits per heavy atom. The zero-order chi connectivity index (χ0) is 6.24. The SMILES string of the molecule is CCCCCCCC.[O]. The minimum absolute atomic E-state index is 0. The summed E-state index contributed by atoms with van der Waals surface area (Å²) in [6.07, 6.45) is 8.49. The predicted octanol–water partition coefficient (Wildman–Crippen LogP) is 3.25. The van der Waals surface area contributed by atoms with Gasteiger partial charge >= 0.3 is 0 Å². The summed E-state index contributed by atoms with van der Waals surface area (Å²) >= 11 is 0. The Kier molecular flexibility index (Phi) is 14.1. The lowest BCUT2D eigenvalue weighted by atomic mass is 10.1. The summed E-state index contributed by atoms with van der Waals surface area (Å²) in [4.78, 5) is 0. The van der Waals surface area contributed by atoms with Crippen LogP contribution in [0, 0.1) is 0 Å². The highest BCUT2D eigenvalue weighted by atomic mass is 16.0. The summed E-state index contributed by atoms with van der Waals surface area (Å²) in [6, 6.07) is 0. The van der Waals surface area contributed by atoms with Crippen molar-refractivity contribution in [2.45, 2.75) is 52.4 Å². The van der Waals surface area contributed by atoms with Gasteiger partial charge in [-0.25, -0.2) is 0 Å². The molecule has 0 atom stereocenters. The van der Waals surface area contributed by atoms with E-state index in [-0.39, 0.29) is 5.48 Å². The van der Waals surface area contributed by atoms with Crippen molar-refractivity contribution < 1.29 is 5.48 Å². The van der Waals surface area contributed by atoms with E-state index >= 15 is 0 Å². The lowest BCUT2D eigenvalue weighted by Gasteiger charge is -1.93. The third-order valence-corrected chi connectivity index (χ3v) is 1.46. The van der Waals surface area contributed by atoms with Gasteiger partial charge < -0.3 is 0 Å². The summed E-state index contributed by atoms with van der Waals surface area (Å²) in [5.41, 5.74) is 0. The fourth-order valence-electron chi connectivity index (χ4n) is 0.854. The Morgan fingerprint density at radius 3 is 1.22 bits per heavy atom. The van der Waals surface area contributed by atoms with Crippen LogP contribution in [-0.2, 0) is 5.48 Å². The van der Waals surface area contributed by atoms with Gasteiger partial charge in [-0.15, -0.1) is 0 Å². The largest absolute Gasteiger partial charge is 0.0654 e. The van der Waals surface area contributed by atoms with Crippen LogP contribution in [0.5, 0.6) is 0 Å². The van der Waals surface area contributed by atoms with E-state index in [0.29, 0.717) is 0 Å². The lowest BCUT2D eigenvalue weighted by Crippen LogP contribution is -1.73. The summed E-state index contributed by atoms with van der Waals surface area (Å²) in [5.74, 6) is 0. The smallest absolute Gasteiger partial charge is 0 e. The molecule has 0 fully saturated rings. The van der Waals surface area contributed by atoms with Crippen LogP contribution in [0.3, 0.4) is 0 Å². The Labute approximate surface area is 58.8 Å². The third-order valence-electron chi connectivity index (χ3n) is 1.46. The van der Waals surface area contributed by atoms with Gasteiger partial charge in [0.2, 0.25) is 0 Å². The number of hydrogen-bond acceptors (Lipinski definition) is 0. The Balaban J connectivity index is 0. The van der Waals surface area contributed by atoms with E-state index in [1.54, 1.807) is 0 Å². The van der Waals surface area contributed by atoms with Crippen molar-refractivity contribution in [3.8, 4) is 0 Å². The highest BCUT2D eigenvalue weighted by Gasteiger charge is 1.83. The molecular formula is C8H18O. The molecule has 0 aromatic rings. The molecule has 0 aliphatic carbocycles. The second kappa shape index (κ2) is 10.9. The Morgan fingerprint density at radius 1 is 0.667 bits per heavy atom. The molecule has 0 saturated heterocycles. The van der Waals surface area contributed by atoms with E-state index in [2.05, 4.69) is 13.8 Å². The molecule has 1 heteroatoms. The first-order chi connectivity index (χ1) is 3.91. The summed E-state index contributed by atoms with van der Waals surface area (Å²) in [6.45, 7) is 4.51. The Hall–Kier alpha value is -0.0400. The maximum absolute atomic E-state index is 2.26. The minimum atomic E-state index is 0. The van der Waals surface area contributed by atoms with Crippen LogP contribution in [0.4, 0.5) is 0 Å². The second-order valence-corrected chi connectivity index (χ2v) is 2.41. The van der Waals surface area contributed by atoms with Crippen LogP contribution in [0.1, 0.15) is 52.4 Å².